The smallest absolute Gasteiger partial charge is 0.350 e. The Morgan fingerprint density at radius 3 is 2.39 bits per heavy atom. The van der Waals surface area contributed by atoms with Gasteiger partial charge in [0.05, 0.1) is 5.69 Å². The first kappa shape index (κ1) is 24.1. The zero-order chi connectivity index (χ0) is 26.0. The molecule has 4 aromatic rings. The maximum Gasteiger partial charge on any atom is 0.350 e. The minimum atomic E-state index is -0.625. The Balaban J connectivity index is 1.66. The van der Waals surface area contributed by atoms with Crippen molar-refractivity contribution in [1.82, 2.24) is 14.3 Å². The number of aromatic nitrogens is 3. The highest BCUT2D eigenvalue weighted by atomic mass is 16.2. The standard InChI is InChI=1S/C26H25N7O3/c1-15-20(16-7-9-19(10-8-16)33-14-30-32(3)26(33)36)11-12-21(29-2)22(15)23(27)25(35)31-18-6-4-5-17(13-18)24(28)34/h4-14,27,29H,1-3H3,(H2,28,34)(H,31,35). The molecule has 0 atom stereocenters. The highest BCUT2D eigenvalue weighted by molar-refractivity contribution is 6.49. The number of carbonyl (C=O) groups is 2. The van der Waals surface area contributed by atoms with Gasteiger partial charge in [-0.3, -0.25) is 15.0 Å². The number of rotatable bonds is 7. The fourth-order valence-electron chi connectivity index (χ4n) is 3.97. The summed E-state index contributed by atoms with van der Waals surface area (Å²) >= 11 is 0. The fraction of sp³-hybridized carbons (Fsp3) is 0.115. The molecule has 3 aromatic carbocycles. The van der Waals surface area contributed by atoms with Crippen LogP contribution in [0.4, 0.5) is 11.4 Å². The number of carbonyl (C=O) groups excluding carboxylic acids is 2. The Kier molecular flexibility index (Phi) is 6.51. The molecule has 0 aliphatic carbocycles. The van der Waals surface area contributed by atoms with E-state index in [2.05, 4.69) is 15.7 Å². The van der Waals surface area contributed by atoms with Gasteiger partial charge in [-0.15, -0.1) is 0 Å². The van der Waals surface area contributed by atoms with Crippen LogP contribution in [-0.4, -0.2) is 38.9 Å². The molecule has 0 aliphatic heterocycles. The first-order chi connectivity index (χ1) is 17.2. The lowest BCUT2D eigenvalue weighted by Crippen LogP contribution is -2.25. The number of amides is 2. The maximum atomic E-state index is 13.0. The molecule has 0 fully saturated rings. The first-order valence-corrected chi connectivity index (χ1v) is 11.0. The van der Waals surface area contributed by atoms with Crippen molar-refractivity contribution in [1.29, 1.82) is 5.41 Å². The molecule has 0 saturated heterocycles. The topological polar surface area (TPSA) is 148 Å². The molecule has 4 rings (SSSR count). The van der Waals surface area contributed by atoms with E-state index in [9.17, 15) is 14.4 Å². The summed E-state index contributed by atoms with van der Waals surface area (Å²) < 4.78 is 2.70. The van der Waals surface area contributed by atoms with E-state index in [-0.39, 0.29) is 17.0 Å². The van der Waals surface area contributed by atoms with E-state index in [0.29, 0.717) is 22.6 Å². The number of benzene rings is 3. The van der Waals surface area contributed by atoms with Crippen LogP contribution in [0, 0.1) is 12.3 Å². The van der Waals surface area contributed by atoms with Crippen LogP contribution in [-0.2, 0) is 11.8 Å². The Labute approximate surface area is 206 Å². The summed E-state index contributed by atoms with van der Waals surface area (Å²) in [5, 5.41) is 18.3. The van der Waals surface area contributed by atoms with E-state index < -0.39 is 11.8 Å². The van der Waals surface area contributed by atoms with Gasteiger partial charge in [-0.25, -0.2) is 14.0 Å². The van der Waals surface area contributed by atoms with Crippen LogP contribution < -0.4 is 22.1 Å². The van der Waals surface area contributed by atoms with Crippen LogP contribution >= 0.6 is 0 Å². The predicted molar refractivity (Wildman–Crippen MR) is 139 cm³/mol. The Morgan fingerprint density at radius 1 is 1.06 bits per heavy atom. The van der Waals surface area contributed by atoms with Crippen molar-refractivity contribution in [2.45, 2.75) is 6.92 Å². The molecule has 0 aliphatic rings. The summed E-state index contributed by atoms with van der Waals surface area (Å²) in [5.41, 5.74) is 9.64. The Hall–Kier alpha value is -4.99. The highest BCUT2D eigenvalue weighted by Crippen LogP contribution is 2.31. The summed E-state index contributed by atoms with van der Waals surface area (Å²) in [5.74, 6) is -1.23. The molecule has 0 radical (unpaired) electrons. The van der Waals surface area contributed by atoms with Gasteiger partial charge in [-0.2, -0.15) is 5.10 Å². The van der Waals surface area contributed by atoms with Crippen molar-refractivity contribution < 1.29 is 9.59 Å². The van der Waals surface area contributed by atoms with Gasteiger partial charge in [0.1, 0.15) is 12.0 Å². The van der Waals surface area contributed by atoms with Gasteiger partial charge in [-0.1, -0.05) is 24.3 Å². The van der Waals surface area contributed by atoms with E-state index in [1.807, 2.05) is 43.3 Å². The van der Waals surface area contributed by atoms with Crippen molar-refractivity contribution in [2.24, 2.45) is 12.8 Å². The van der Waals surface area contributed by atoms with Gasteiger partial charge < -0.3 is 16.4 Å². The lowest BCUT2D eigenvalue weighted by atomic mass is 9.92. The van der Waals surface area contributed by atoms with Gasteiger partial charge in [0.15, 0.2) is 0 Å². The normalized spacial score (nSPS) is 10.6. The van der Waals surface area contributed by atoms with Gasteiger partial charge >= 0.3 is 5.69 Å². The number of nitrogens with two attached hydrogens (primary N) is 1. The van der Waals surface area contributed by atoms with Crippen molar-refractivity contribution in [3.63, 3.8) is 0 Å². The molecule has 0 bridgehead atoms. The van der Waals surface area contributed by atoms with Crippen molar-refractivity contribution in [3.05, 3.63) is 94.2 Å². The SMILES string of the molecule is CNc1ccc(-c2ccc(-n3cnn(C)c3=O)cc2)c(C)c1C(=N)C(=O)Nc1cccc(C(N)=O)c1. The third kappa shape index (κ3) is 4.51. The molecule has 10 heteroatoms. The number of nitrogens with zero attached hydrogens (tertiary/aromatic N) is 3. The lowest BCUT2D eigenvalue weighted by Gasteiger charge is -2.17. The summed E-state index contributed by atoms with van der Waals surface area (Å²) in [7, 11) is 3.31. The average molecular weight is 484 g/mol. The third-order valence-corrected chi connectivity index (χ3v) is 5.90. The summed E-state index contributed by atoms with van der Waals surface area (Å²) in [6, 6.07) is 17.3. The summed E-state index contributed by atoms with van der Waals surface area (Å²) in [6.45, 7) is 1.85. The number of anilines is 2. The van der Waals surface area contributed by atoms with Gasteiger partial charge in [-0.05, 0) is 60.0 Å². The van der Waals surface area contributed by atoms with Crippen LogP contribution in [0.5, 0.6) is 0 Å². The monoisotopic (exact) mass is 483 g/mol. The van der Waals surface area contributed by atoms with E-state index in [4.69, 9.17) is 11.1 Å². The second-order valence-corrected chi connectivity index (χ2v) is 8.14. The van der Waals surface area contributed by atoms with Crippen LogP contribution in [0.1, 0.15) is 21.5 Å². The van der Waals surface area contributed by atoms with Crippen molar-refractivity contribution in [2.75, 3.05) is 17.7 Å². The minimum absolute atomic E-state index is 0.235. The second kappa shape index (κ2) is 9.71. The predicted octanol–water partition coefficient (Wildman–Crippen LogP) is 2.69. The molecular formula is C26H25N7O3. The molecule has 0 unspecified atom stereocenters. The van der Waals surface area contributed by atoms with E-state index in [0.717, 1.165) is 16.7 Å². The van der Waals surface area contributed by atoms with E-state index in [1.54, 1.807) is 32.3 Å². The number of primary amides is 1. The average Bonchev–Trinajstić information content (AvgIpc) is 3.21. The minimum Gasteiger partial charge on any atom is -0.388 e. The third-order valence-electron chi connectivity index (χ3n) is 5.90. The number of aryl methyl sites for hydroxylation is 1. The molecule has 10 nitrogen and oxygen atoms in total. The first-order valence-electron chi connectivity index (χ1n) is 11.0. The molecule has 0 saturated carbocycles. The van der Waals surface area contributed by atoms with Crippen molar-refractivity contribution in [3.8, 4) is 16.8 Å². The Morgan fingerprint density at radius 2 is 1.78 bits per heavy atom. The lowest BCUT2D eigenvalue weighted by molar-refractivity contribution is -0.110. The van der Waals surface area contributed by atoms with Crippen LogP contribution in [0.15, 0.2) is 71.8 Å². The molecule has 5 N–H and O–H groups in total. The molecule has 0 spiro atoms. The second-order valence-electron chi connectivity index (χ2n) is 8.14. The number of nitrogens with one attached hydrogen (secondary N) is 3. The van der Waals surface area contributed by atoms with Gasteiger partial charge in [0.2, 0.25) is 5.91 Å². The zero-order valence-electron chi connectivity index (χ0n) is 20.0. The molecular weight excluding hydrogens is 458 g/mol. The van der Waals surface area contributed by atoms with E-state index >= 15 is 0 Å². The van der Waals surface area contributed by atoms with Crippen LogP contribution in [0.2, 0.25) is 0 Å². The zero-order valence-corrected chi connectivity index (χ0v) is 20.0. The molecule has 182 valence electrons. The summed E-state index contributed by atoms with van der Waals surface area (Å²) in [4.78, 5) is 36.6. The highest BCUT2D eigenvalue weighted by Gasteiger charge is 2.21. The molecule has 1 heterocycles. The van der Waals surface area contributed by atoms with E-state index in [1.165, 1.54) is 21.6 Å². The summed E-state index contributed by atoms with van der Waals surface area (Å²) in [6.07, 6.45) is 1.46. The maximum absolute atomic E-state index is 13.0. The van der Waals surface area contributed by atoms with Gasteiger partial charge in [0, 0.05) is 36.6 Å². The number of hydrogen-bond donors (Lipinski definition) is 4. The van der Waals surface area contributed by atoms with Crippen molar-refractivity contribution >= 4 is 28.9 Å². The number of hydrogen-bond acceptors (Lipinski definition) is 6. The van der Waals surface area contributed by atoms with Crippen LogP contribution in [0.25, 0.3) is 16.8 Å². The quantitative estimate of drug-likeness (QED) is 0.298. The fourth-order valence-corrected chi connectivity index (χ4v) is 3.97. The molecule has 36 heavy (non-hydrogen) atoms. The Bertz CT molecular complexity index is 1550. The van der Waals surface area contributed by atoms with Gasteiger partial charge in [0.25, 0.3) is 5.91 Å². The van der Waals surface area contributed by atoms with Crippen LogP contribution in [0.3, 0.4) is 0 Å². The molecule has 1 aromatic heterocycles. The molecule has 2 amide bonds. The largest absolute Gasteiger partial charge is 0.388 e.